The van der Waals surface area contributed by atoms with Gasteiger partial charge in [-0.25, -0.2) is 4.39 Å². The van der Waals surface area contributed by atoms with E-state index >= 15 is 0 Å². The molecule has 0 aliphatic heterocycles. The van der Waals surface area contributed by atoms with E-state index in [9.17, 15) is 28.4 Å². The van der Waals surface area contributed by atoms with Gasteiger partial charge in [0.2, 0.25) is 29.5 Å². The third-order valence-electron chi connectivity index (χ3n) is 26.5. The van der Waals surface area contributed by atoms with Gasteiger partial charge in [0.05, 0.1) is 59.7 Å². The zero-order chi connectivity index (χ0) is 98.2. The van der Waals surface area contributed by atoms with Gasteiger partial charge in [-0.15, -0.1) is 0 Å². The molecule has 0 spiro atoms. The quantitative estimate of drug-likeness (QED) is 0.0712. The summed E-state index contributed by atoms with van der Waals surface area (Å²) in [6.07, 6.45) is 12.6. The second-order valence-corrected chi connectivity index (χ2v) is 37.9. The van der Waals surface area contributed by atoms with Crippen LogP contribution in [0.1, 0.15) is 202 Å². The minimum Gasteiger partial charge on any atom is -0.286 e. The average molecular weight is 1840 g/mol. The monoisotopic (exact) mass is 1840 g/mol. The van der Waals surface area contributed by atoms with Crippen LogP contribution in [0.25, 0.3) is 110 Å². The van der Waals surface area contributed by atoms with Crippen LogP contribution in [0.4, 0.5) is 4.39 Å². The smallest absolute Gasteiger partial charge is 0.235 e. The van der Waals surface area contributed by atoms with Crippen LogP contribution in [0.15, 0.2) is 401 Å². The van der Waals surface area contributed by atoms with Crippen molar-refractivity contribution in [2.45, 2.75) is 158 Å². The van der Waals surface area contributed by atoms with Crippen molar-refractivity contribution >= 4 is 84.1 Å². The van der Waals surface area contributed by atoms with Gasteiger partial charge in [0.15, 0.2) is 0 Å². The fraction of sp³-hybridized carbons (Fsp3) is 0.186. The van der Waals surface area contributed by atoms with Crippen LogP contribution in [0.2, 0.25) is 0 Å². The number of para-hydroxylation sites is 5. The number of hydrogen-bond acceptors (Lipinski definition) is 5. The van der Waals surface area contributed by atoms with E-state index in [0.717, 1.165) is 117 Å². The zero-order valence-corrected chi connectivity index (χ0v) is 82.4. The van der Waals surface area contributed by atoms with Crippen molar-refractivity contribution in [3.05, 3.63) is 479 Å². The first-order chi connectivity index (χ1) is 67.9. The van der Waals surface area contributed by atoms with Gasteiger partial charge < -0.3 is 0 Å². The van der Waals surface area contributed by atoms with Crippen molar-refractivity contribution in [2.24, 2.45) is 0 Å². The molecule has 0 bridgehead atoms. The summed E-state index contributed by atoms with van der Waals surface area (Å²) in [5, 5.41) is 5.50. The second kappa shape index (κ2) is 44.6. The van der Waals surface area contributed by atoms with E-state index in [1.54, 1.807) is 22.8 Å². The number of hydrogen-bond donors (Lipinski definition) is 0. The molecule has 0 atom stereocenters. The van der Waals surface area contributed by atoms with E-state index in [0.29, 0.717) is 60.8 Å². The molecule has 0 radical (unpaired) electrons. The van der Waals surface area contributed by atoms with Gasteiger partial charge in [-0.1, -0.05) is 421 Å². The normalized spacial score (nSPS) is 11.3. The Morgan fingerprint density at radius 2 is 0.414 bits per heavy atom. The predicted molar refractivity (Wildman–Crippen MR) is 580 cm³/mol. The first-order valence-electron chi connectivity index (χ1n) is 49.0. The molecule has 0 N–H and O–H groups in total. The Kier molecular flexibility index (Phi) is 31.0. The molecule has 140 heavy (non-hydrogen) atoms. The number of rotatable bonds is 21. The summed E-state index contributed by atoms with van der Waals surface area (Å²) in [5.41, 5.74) is 30.9. The van der Waals surface area contributed by atoms with Crippen LogP contribution in [-0.4, -0.2) is 52.4 Å². The van der Waals surface area contributed by atoms with Gasteiger partial charge in [-0.05, 0) is 175 Å². The highest BCUT2D eigenvalue weighted by atomic mass is 19.1. The van der Waals surface area contributed by atoms with Crippen molar-refractivity contribution in [2.75, 3.05) is 0 Å². The lowest BCUT2D eigenvalue weighted by atomic mass is 9.92. The van der Waals surface area contributed by atoms with E-state index in [-0.39, 0.29) is 41.8 Å². The van der Waals surface area contributed by atoms with Crippen LogP contribution >= 0.6 is 0 Å². The lowest BCUT2D eigenvalue weighted by molar-refractivity contribution is 0.0910. The van der Waals surface area contributed by atoms with Crippen molar-refractivity contribution < 1.29 is 28.4 Å². The number of aryl methyl sites for hydroxylation is 3. The van der Waals surface area contributed by atoms with Gasteiger partial charge in [0, 0.05) is 85.7 Å². The number of benzene rings is 15. The Balaban J connectivity index is 0.000000126. The Hall–Kier alpha value is -15.7. The van der Waals surface area contributed by atoms with Crippen LogP contribution < -0.4 is 0 Å². The molecular formula is C129H122FN5O5. The Morgan fingerprint density at radius 1 is 0.214 bits per heavy atom. The number of aromatic nitrogens is 5. The molecule has 20 aromatic rings. The summed E-state index contributed by atoms with van der Waals surface area (Å²) < 4.78 is 23.0. The van der Waals surface area contributed by atoms with Gasteiger partial charge in [0.25, 0.3) is 0 Å². The molecular weight excluding hydrogens is 1720 g/mol. The first kappa shape index (κ1) is 97.4. The maximum absolute atomic E-state index is 14.0. The molecule has 15 aromatic carbocycles. The lowest BCUT2D eigenvalue weighted by Crippen LogP contribution is -2.13. The number of carbonyl (C=O) groups is 5. The minimum atomic E-state index is -0.349. The summed E-state index contributed by atoms with van der Waals surface area (Å²) in [6.45, 7) is 28.3. The molecule has 20 rings (SSSR count). The molecule has 0 unspecified atom stereocenters. The maximum Gasteiger partial charge on any atom is 0.235 e. The Labute approximate surface area is 822 Å². The molecule has 11 heteroatoms. The first-order valence-corrected chi connectivity index (χ1v) is 49.0. The molecule has 5 heterocycles. The topological polar surface area (TPSA) is 110 Å². The number of nitrogens with zero attached hydrogens (tertiary/aromatic N) is 5. The van der Waals surface area contributed by atoms with Crippen molar-refractivity contribution in [3.8, 4) is 55.6 Å². The molecule has 10 nitrogen and oxygen atoms in total. The van der Waals surface area contributed by atoms with Crippen molar-refractivity contribution in [1.82, 2.24) is 22.8 Å². The fourth-order valence-corrected chi connectivity index (χ4v) is 19.1. The van der Waals surface area contributed by atoms with Crippen LogP contribution in [0.5, 0.6) is 0 Å². The lowest BCUT2D eigenvalue weighted by Gasteiger charge is -2.11. The Bertz CT molecular complexity index is 7620. The van der Waals surface area contributed by atoms with E-state index in [1.165, 1.54) is 72.8 Å². The van der Waals surface area contributed by atoms with Crippen molar-refractivity contribution in [3.63, 3.8) is 0 Å². The minimum absolute atomic E-state index is 0.0244. The molecule has 0 amide bonds. The highest BCUT2D eigenvalue weighted by Gasteiger charge is 2.26. The molecule has 5 aromatic heterocycles. The summed E-state index contributed by atoms with van der Waals surface area (Å²) in [7, 11) is 0. The molecule has 0 saturated carbocycles. The maximum atomic E-state index is 14.0. The molecule has 0 saturated heterocycles. The van der Waals surface area contributed by atoms with Crippen LogP contribution in [0, 0.1) is 19.7 Å². The summed E-state index contributed by atoms with van der Waals surface area (Å²) in [4.78, 5) is 65.6. The van der Waals surface area contributed by atoms with Gasteiger partial charge in [0.1, 0.15) is 5.82 Å². The molecule has 0 fully saturated rings. The van der Waals surface area contributed by atoms with E-state index in [1.807, 2.05) is 213 Å². The van der Waals surface area contributed by atoms with Crippen LogP contribution in [-0.2, 0) is 38.5 Å². The summed E-state index contributed by atoms with van der Waals surface area (Å²) >= 11 is 0. The number of fused-ring (bicyclic) bond motifs is 5. The van der Waals surface area contributed by atoms with E-state index in [4.69, 9.17) is 0 Å². The Morgan fingerprint density at radius 3 is 0.664 bits per heavy atom. The van der Waals surface area contributed by atoms with E-state index in [2.05, 4.69) is 272 Å². The predicted octanol–water partition coefficient (Wildman–Crippen LogP) is 32.9. The number of carbonyl (C=O) groups excluding carboxylic acids is 5. The highest BCUT2D eigenvalue weighted by Crippen LogP contribution is 2.43. The zero-order valence-electron chi connectivity index (χ0n) is 82.4. The van der Waals surface area contributed by atoms with Gasteiger partial charge >= 0.3 is 0 Å². The molecule has 700 valence electrons. The number of halogens is 1. The third-order valence-corrected chi connectivity index (χ3v) is 26.5. The summed E-state index contributed by atoms with van der Waals surface area (Å²) in [5.74, 6) is 1.92. The highest BCUT2D eigenvalue weighted by molar-refractivity contribution is 6.08. The van der Waals surface area contributed by atoms with Gasteiger partial charge in [-0.3, -0.25) is 46.8 Å². The second-order valence-electron chi connectivity index (χ2n) is 37.9. The SMILES string of the molecule is CC(C)c1ccccc1-c1cn(C(=O)Cc2ccccc2)c2ccccc12.CC(C)c1ccccc1-c1cn(C(=O)Cc2ccccc2F)c2ccccc12.CCc1ccc(CC(=O)n2cc(-c3ccccc3C(C)C)c3ccccc32)cc1.Cc1ccc(CC(=O)n2cc(-c3ccccc3C(C)C)c3ccccc32)cc1.Cc1ccc(CC(=O)n2cc(-c3ccccc3C(C)C)c3ccccc32)cc1. The standard InChI is InChI=1S/C27H27NO.2C26H25NO.C25H22FNO.C25H23NO/c1-4-20-13-15-21(16-14-20)17-27(29)28-18-25(24-11-7-8-12-26(24)28)23-10-6-5-9-22(23)19(2)3;2*1-18(2)21-8-4-5-9-22(21)24-17-27(25-11-7-6-10-23(24)25)26(28)16-20-14-12-19(3)13-15-20;1-17(2)19-10-4-5-11-20(19)22-16-27(24-14-8-6-12-21(22)24)25(28)15-18-9-3-7-13-23(18)26;1-18(2)20-12-6-7-13-21(20)23-17-26(24-15-9-8-14-22(23)24)25(27)16-19-10-4-3-5-11-19/h5-16,18-19H,4,17H2,1-3H3;2*4-15,17-18H,16H2,1-3H3;3-14,16-17H,15H2,1-2H3;3-15,17-18H,16H2,1-2H3. The fourth-order valence-electron chi connectivity index (χ4n) is 19.1. The van der Waals surface area contributed by atoms with Crippen LogP contribution in [0.3, 0.4) is 0 Å². The molecule has 0 aliphatic rings. The van der Waals surface area contributed by atoms with Gasteiger partial charge in [-0.2, -0.15) is 0 Å². The third kappa shape index (κ3) is 22.1. The average Bonchev–Trinajstić information content (AvgIpc) is 1.64. The summed E-state index contributed by atoms with van der Waals surface area (Å²) in [6, 6.07) is 124. The van der Waals surface area contributed by atoms with E-state index < -0.39 is 0 Å². The van der Waals surface area contributed by atoms with Crippen molar-refractivity contribution in [1.29, 1.82) is 0 Å². The largest absolute Gasteiger partial charge is 0.286 e. The molecule has 0 aliphatic carbocycles.